The lowest BCUT2D eigenvalue weighted by atomic mass is 10.3. The first-order valence-corrected chi connectivity index (χ1v) is 7.07. The molecule has 2 atom stereocenters. The molecule has 0 radical (unpaired) electrons. The van der Waals surface area contributed by atoms with Crippen molar-refractivity contribution in [3.8, 4) is 0 Å². The summed E-state index contributed by atoms with van der Waals surface area (Å²) in [6, 6.07) is 6.71. The SMILES string of the molecule is O=C(CS(=O)CC(O)CO)Nc1ccccc1Cl. The standard InChI is InChI=1S/C11H14ClNO4S/c12-9-3-1-2-4-10(9)13-11(16)7-18(17)6-8(15)5-14/h1-4,8,14-15H,5-7H2,(H,13,16). The van der Waals surface area contributed by atoms with Gasteiger partial charge in [0.1, 0.15) is 5.75 Å². The van der Waals surface area contributed by atoms with Crippen molar-refractivity contribution < 1.29 is 19.2 Å². The zero-order valence-corrected chi connectivity index (χ0v) is 11.1. The Morgan fingerprint density at radius 3 is 2.72 bits per heavy atom. The predicted octanol–water partition coefficient (Wildman–Crippen LogP) is 0.380. The fourth-order valence-corrected chi connectivity index (χ4v) is 2.42. The lowest BCUT2D eigenvalue weighted by molar-refractivity contribution is -0.113. The van der Waals surface area contributed by atoms with E-state index in [-0.39, 0.29) is 11.5 Å². The van der Waals surface area contributed by atoms with Crippen molar-refractivity contribution in [3.05, 3.63) is 29.3 Å². The van der Waals surface area contributed by atoms with Crippen molar-refractivity contribution in [3.63, 3.8) is 0 Å². The highest BCUT2D eigenvalue weighted by Crippen LogP contribution is 2.20. The molecule has 0 aliphatic rings. The number of halogens is 1. The van der Waals surface area contributed by atoms with Crippen LogP contribution in [0.3, 0.4) is 0 Å². The third kappa shape index (κ3) is 5.14. The first kappa shape index (κ1) is 15.1. The molecule has 0 saturated carbocycles. The Hall–Kier alpha value is -0.950. The lowest BCUT2D eigenvalue weighted by Gasteiger charge is -2.08. The molecule has 0 aliphatic carbocycles. The molecule has 1 aromatic rings. The zero-order chi connectivity index (χ0) is 13.5. The van der Waals surface area contributed by atoms with Crippen molar-refractivity contribution in [2.24, 2.45) is 0 Å². The van der Waals surface area contributed by atoms with Crippen molar-refractivity contribution in [2.75, 3.05) is 23.4 Å². The Balaban J connectivity index is 2.47. The van der Waals surface area contributed by atoms with Gasteiger partial charge in [0, 0.05) is 10.8 Å². The van der Waals surface area contributed by atoms with E-state index in [0.717, 1.165) is 0 Å². The molecular weight excluding hydrogens is 278 g/mol. The highest BCUT2D eigenvalue weighted by molar-refractivity contribution is 7.85. The summed E-state index contributed by atoms with van der Waals surface area (Å²) in [6.07, 6.45) is -1.07. The maximum absolute atomic E-state index is 11.5. The van der Waals surface area contributed by atoms with E-state index in [4.69, 9.17) is 21.8 Å². The molecule has 1 aromatic carbocycles. The second-order valence-electron chi connectivity index (χ2n) is 3.62. The number of hydrogen-bond donors (Lipinski definition) is 3. The van der Waals surface area contributed by atoms with E-state index in [2.05, 4.69) is 5.32 Å². The number of aliphatic hydroxyl groups is 2. The van der Waals surface area contributed by atoms with E-state index in [1.807, 2.05) is 0 Å². The van der Waals surface area contributed by atoms with E-state index in [0.29, 0.717) is 10.7 Å². The molecule has 0 bridgehead atoms. The number of amides is 1. The Morgan fingerprint density at radius 2 is 2.11 bits per heavy atom. The van der Waals surface area contributed by atoms with Crippen molar-refractivity contribution in [1.29, 1.82) is 0 Å². The second-order valence-corrected chi connectivity index (χ2v) is 5.52. The minimum Gasteiger partial charge on any atom is -0.394 e. The van der Waals surface area contributed by atoms with Crippen LogP contribution in [0.2, 0.25) is 5.02 Å². The van der Waals surface area contributed by atoms with Crippen LogP contribution in [0.5, 0.6) is 0 Å². The third-order valence-electron chi connectivity index (χ3n) is 2.03. The van der Waals surface area contributed by atoms with Gasteiger partial charge in [-0.05, 0) is 12.1 Å². The van der Waals surface area contributed by atoms with E-state index >= 15 is 0 Å². The Bertz CT molecular complexity index is 441. The van der Waals surface area contributed by atoms with Crippen LogP contribution in [0.4, 0.5) is 5.69 Å². The fraction of sp³-hybridized carbons (Fsp3) is 0.364. The van der Waals surface area contributed by atoms with E-state index in [9.17, 15) is 9.00 Å². The number of para-hydroxylation sites is 1. The van der Waals surface area contributed by atoms with Crippen LogP contribution in [-0.2, 0) is 15.6 Å². The highest BCUT2D eigenvalue weighted by Gasteiger charge is 2.13. The molecule has 0 aromatic heterocycles. The first-order chi connectivity index (χ1) is 8.52. The summed E-state index contributed by atoms with van der Waals surface area (Å²) < 4.78 is 11.4. The molecule has 0 heterocycles. The summed E-state index contributed by atoms with van der Waals surface area (Å²) in [6.45, 7) is -0.474. The Kier molecular flexibility index (Phi) is 6.28. The quantitative estimate of drug-likeness (QED) is 0.707. The lowest BCUT2D eigenvalue weighted by Crippen LogP contribution is -2.27. The number of carbonyl (C=O) groups is 1. The number of benzene rings is 1. The number of hydrogen-bond acceptors (Lipinski definition) is 4. The van der Waals surface area contributed by atoms with Crippen molar-refractivity contribution >= 4 is 34.0 Å². The van der Waals surface area contributed by atoms with Gasteiger partial charge in [-0.2, -0.15) is 0 Å². The summed E-state index contributed by atoms with van der Waals surface area (Å²) in [7, 11) is -1.53. The van der Waals surface area contributed by atoms with E-state index in [1.165, 1.54) is 0 Å². The number of aliphatic hydroxyl groups excluding tert-OH is 2. The van der Waals surface area contributed by atoms with Gasteiger partial charge in [-0.1, -0.05) is 23.7 Å². The van der Waals surface area contributed by atoms with Gasteiger partial charge >= 0.3 is 0 Å². The Morgan fingerprint density at radius 1 is 1.44 bits per heavy atom. The fourth-order valence-electron chi connectivity index (χ4n) is 1.22. The summed E-state index contributed by atoms with van der Waals surface area (Å²) in [5.41, 5.74) is 0.448. The Labute approximate surface area is 112 Å². The summed E-state index contributed by atoms with van der Waals surface area (Å²) in [4.78, 5) is 11.5. The normalized spacial score (nSPS) is 13.9. The van der Waals surface area contributed by atoms with Crippen LogP contribution in [0, 0.1) is 0 Å². The van der Waals surface area contributed by atoms with Gasteiger partial charge in [-0.25, -0.2) is 0 Å². The van der Waals surface area contributed by atoms with Crippen LogP contribution in [0.1, 0.15) is 0 Å². The van der Waals surface area contributed by atoms with Crippen LogP contribution < -0.4 is 5.32 Å². The van der Waals surface area contributed by atoms with Crippen LogP contribution >= 0.6 is 11.6 Å². The van der Waals surface area contributed by atoms with Gasteiger partial charge < -0.3 is 15.5 Å². The van der Waals surface area contributed by atoms with Crippen molar-refractivity contribution in [1.82, 2.24) is 0 Å². The molecule has 7 heteroatoms. The molecule has 2 unspecified atom stereocenters. The van der Waals surface area contributed by atoms with Gasteiger partial charge in [-0.3, -0.25) is 9.00 Å². The topological polar surface area (TPSA) is 86.6 Å². The highest BCUT2D eigenvalue weighted by atomic mass is 35.5. The number of anilines is 1. The molecule has 3 N–H and O–H groups in total. The predicted molar refractivity (Wildman–Crippen MR) is 71.1 cm³/mol. The average Bonchev–Trinajstić information content (AvgIpc) is 2.31. The molecule has 18 heavy (non-hydrogen) atoms. The summed E-state index contributed by atoms with van der Waals surface area (Å²) >= 11 is 5.85. The molecule has 1 amide bonds. The largest absolute Gasteiger partial charge is 0.394 e. The molecule has 100 valence electrons. The zero-order valence-electron chi connectivity index (χ0n) is 9.51. The molecule has 1 rings (SSSR count). The van der Waals surface area contributed by atoms with Gasteiger partial charge in [0.2, 0.25) is 5.91 Å². The molecular formula is C11H14ClNO4S. The molecule has 0 fully saturated rings. The van der Waals surface area contributed by atoms with E-state index < -0.39 is 29.4 Å². The molecule has 5 nitrogen and oxygen atoms in total. The van der Waals surface area contributed by atoms with E-state index in [1.54, 1.807) is 24.3 Å². The molecule has 0 aliphatic heterocycles. The third-order valence-corrected chi connectivity index (χ3v) is 3.70. The smallest absolute Gasteiger partial charge is 0.237 e. The second kappa shape index (κ2) is 7.48. The number of rotatable bonds is 6. The van der Waals surface area contributed by atoms with Crippen LogP contribution in [-0.4, -0.2) is 44.5 Å². The van der Waals surface area contributed by atoms with Gasteiger partial charge in [0.15, 0.2) is 0 Å². The minimum absolute atomic E-state index is 0.132. The maximum atomic E-state index is 11.5. The number of carbonyl (C=O) groups excluding carboxylic acids is 1. The molecule has 0 saturated heterocycles. The van der Waals surface area contributed by atoms with Gasteiger partial charge in [0.05, 0.1) is 29.2 Å². The van der Waals surface area contributed by atoms with Crippen LogP contribution in [0.15, 0.2) is 24.3 Å². The number of nitrogens with one attached hydrogen (secondary N) is 1. The monoisotopic (exact) mass is 291 g/mol. The minimum atomic E-state index is -1.53. The molecule has 0 spiro atoms. The summed E-state index contributed by atoms with van der Waals surface area (Å²) in [5.74, 6) is -0.832. The maximum Gasteiger partial charge on any atom is 0.237 e. The van der Waals surface area contributed by atoms with Crippen molar-refractivity contribution in [2.45, 2.75) is 6.10 Å². The first-order valence-electron chi connectivity index (χ1n) is 5.21. The van der Waals surface area contributed by atoms with Gasteiger partial charge in [-0.15, -0.1) is 0 Å². The van der Waals surface area contributed by atoms with Gasteiger partial charge in [0.25, 0.3) is 0 Å². The average molecular weight is 292 g/mol. The van der Waals surface area contributed by atoms with Crippen LogP contribution in [0.25, 0.3) is 0 Å². The summed E-state index contributed by atoms with van der Waals surface area (Å²) in [5, 5.41) is 20.6.